The molecule has 2 amide bonds. The third-order valence-corrected chi connectivity index (χ3v) is 7.89. The van der Waals surface area contributed by atoms with Crippen molar-refractivity contribution in [2.75, 3.05) is 13.7 Å². The van der Waals surface area contributed by atoms with Gasteiger partial charge in [0.05, 0.1) is 18.3 Å². The molecular formula is C28H32N6O4. The van der Waals surface area contributed by atoms with Gasteiger partial charge in [0, 0.05) is 49.4 Å². The molecule has 0 spiro atoms. The van der Waals surface area contributed by atoms with Gasteiger partial charge in [0.15, 0.2) is 5.82 Å². The molecule has 2 fully saturated rings. The number of amides is 2. The van der Waals surface area contributed by atoms with Gasteiger partial charge in [-0.25, -0.2) is 14.8 Å². The average Bonchev–Trinajstić information content (AvgIpc) is 3.57. The Balaban J connectivity index is 1.42. The topological polar surface area (TPSA) is 115 Å². The summed E-state index contributed by atoms with van der Waals surface area (Å²) in [6, 6.07) is 9.44. The van der Waals surface area contributed by atoms with Crippen LogP contribution in [-0.4, -0.2) is 66.8 Å². The van der Waals surface area contributed by atoms with E-state index >= 15 is 0 Å². The van der Waals surface area contributed by atoms with Gasteiger partial charge in [-0.05, 0) is 68.9 Å². The van der Waals surface area contributed by atoms with Crippen molar-refractivity contribution in [3.63, 3.8) is 0 Å². The average molecular weight is 517 g/mol. The molecule has 0 unspecified atom stereocenters. The van der Waals surface area contributed by atoms with Crippen molar-refractivity contribution in [3.05, 3.63) is 42.1 Å². The summed E-state index contributed by atoms with van der Waals surface area (Å²) in [5.74, 6) is 1.86. The number of imidazole rings is 1. The number of aryl methyl sites for hydroxylation is 1. The van der Waals surface area contributed by atoms with E-state index in [4.69, 9.17) is 14.8 Å². The first-order chi connectivity index (χ1) is 18.3. The summed E-state index contributed by atoms with van der Waals surface area (Å²) < 4.78 is 10.0. The summed E-state index contributed by atoms with van der Waals surface area (Å²) in [4.78, 5) is 36.2. The molecule has 1 aliphatic carbocycles. The Kier molecular flexibility index (Phi) is 5.97. The number of pyridine rings is 1. The molecule has 2 aliphatic rings. The molecule has 2 N–H and O–H groups in total. The molecule has 2 atom stereocenters. The number of carbonyl (C=O) groups excluding carboxylic acids is 1. The van der Waals surface area contributed by atoms with E-state index in [-0.39, 0.29) is 18.0 Å². The van der Waals surface area contributed by atoms with E-state index in [2.05, 4.69) is 27.0 Å². The molecule has 4 heterocycles. The summed E-state index contributed by atoms with van der Waals surface area (Å²) in [7, 11) is 3.57. The van der Waals surface area contributed by atoms with Crippen LogP contribution in [-0.2, 0) is 13.6 Å². The number of aromatic nitrogens is 4. The van der Waals surface area contributed by atoms with Gasteiger partial charge in [-0.1, -0.05) is 0 Å². The van der Waals surface area contributed by atoms with Gasteiger partial charge in [-0.15, -0.1) is 0 Å². The lowest BCUT2D eigenvalue weighted by Crippen LogP contribution is -2.52. The van der Waals surface area contributed by atoms with Crippen LogP contribution in [0.4, 0.5) is 4.79 Å². The first-order valence-electron chi connectivity index (χ1n) is 13.1. The maximum absolute atomic E-state index is 13.7. The maximum Gasteiger partial charge on any atom is 0.404 e. The molecule has 38 heavy (non-hydrogen) atoms. The Bertz CT molecular complexity index is 1550. The first-order valence-corrected chi connectivity index (χ1v) is 13.1. The first kappa shape index (κ1) is 24.3. The van der Waals surface area contributed by atoms with Crippen molar-refractivity contribution in [2.45, 2.75) is 51.2 Å². The largest absolute Gasteiger partial charge is 0.494 e. The minimum absolute atomic E-state index is 0.000890. The van der Waals surface area contributed by atoms with Gasteiger partial charge in [-0.2, -0.15) is 0 Å². The minimum Gasteiger partial charge on any atom is -0.494 e. The number of fused-ring (bicyclic) bond motifs is 2. The van der Waals surface area contributed by atoms with Crippen LogP contribution in [0.5, 0.6) is 5.75 Å². The predicted molar refractivity (Wildman–Crippen MR) is 143 cm³/mol. The van der Waals surface area contributed by atoms with E-state index in [9.17, 15) is 9.59 Å². The number of benzene rings is 1. The maximum atomic E-state index is 13.7. The number of likely N-dealkylation sites (tertiary alicyclic amines) is 1. The summed E-state index contributed by atoms with van der Waals surface area (Å²) >= 11 is 0. The van der Waals surface area contributed by atoms with E-state index in [0.717, 1.165) is 41.0 Å². The third-order valence-electron chi connectivity index (χ3n) is 7.89. The number of methoxy groups -OCH3 is 1. The zero-order valence-electron chi connectivity index (χ0n) is 21.8. The number of piperidine rings is 1. The van der Waals surface area contributed by atoms with E-state index < -0.39 is 6.09 Å². The summed E-state index contributed by atoms with van der Waals surface area (Å²) in [5.41, 5.74) is 3.90. The minimum atomic E-state index is -1.07. The fourth-order valence-electron chi connectivity index (χ4n) is 5.68. The highest BCUT2D eigenvalue weighted by Crippen LogP contribution is 2.37. The molecule has 0 radical (unpaired) electrons. The molecule has 198 valence electrons. The van der Waals surface area contributed by atoms with Crippen molar-refractivity contribution in [1.82, 2.24) is 29.3 Å². The molecule has 1 saturated heterocycles. The Labute approximate surface area is 220 Å². The van der Waals surface area contributed by atoms with E-state index in [1.165, 1.54) is 12.8 Å². The highest BCUT2D eigenvalue weighted by atomic mass is 16.5. The molecule has 10 heteroatoms. The van der Waals surface area contributed by atoms with Crippen molar-refractivity contribution >= 4 is 34.1 Å². The molecule has 3 aromatic heterocycles. The van der Waals surface area contributed by atoms with Crippen LogP contribution in [0.1, 0.15) is 43.0 Å². The van der Waals surface area contributed by atoms with Crippen LogP contribution >= 0.6 is 0 Å². The lowest BCUT2D eigenvalue weighted by molar-refractivity contribution is 0.0589. The van der Waals surface area contributed by atoms with Gasteiger partial charge in [0.1, 0.15) is 16.9 Å². The number of carbonyl (C=O) groups is 2. The lowest BCUT2D eigenvalue weighted by Gasteiger charge is -2.38. The summed E-state index contributed by atoms with van der Waals surface area (Å²) in [5, 5.41) is 12.8. The van der Waals surface area contributed by atoms with Gasteiger partial charge < -0.3 is 29.2 Å². The van der Waals surface area contributed by atoms with Crippen LogP contribution in [0.15, 0.2) is 36.5 Å². The highest BCUT2D eigenvalue weighted by molar-refractivity contribution is 6.00. The van der Waals surface area contributed by atoms with Crippen LogP contribution in [0.3, 0.4) is 0 Å². The number of nitrogens with zero attached hydrogens (tertiary/aromatic N) is 5. The van der Waals surface area contributed by atoms with Crippen molar-refractivity contribution in [2.24, 2.45) is 13.0 Å². The molecule has 1 aliphatic heterocycles. The Morgan fingerprint density at radius 1 is 1.18 bits per heavy atom. The number of hydrogen-bond acceptors (Lipinski definition) is 5. The fourth-order valence-corrected chi connectivity index (χ4v) is 5.68. The normalized spacial score (nSPS) is 19.7. The van der Waals surface area contributed by atoms with Gasteiger partial charge in [0.2, 0.25) is 0 Å². The predicted octanol–water partition coefficient (Wildman–Crippen LogP) is 4.27. The Hall–Kier alpha value is -4.08. The smallest absolute Gasteiger partial charge is 0.404 e. The Morgan fingerprint density at radius 3 is 2.74 bits per heavy atom. The monoisotopic (exact) mass is 516 g/mol. The lowest BCUT2D eigenvalue weighted by atomic mass is 9.98. The van der Waals surface area contributed by atoms with Gasteiger partial charge >= 0.3 is 6.09 Å². The van der Waals surface area contributed by atoms with Gasteiger partial charge in [-0.3, -0.25) is 4.79 Å². The number of carboxylic acid groups (broad SMARTS) is 1. The van der Waals surface area contributed by atoms with Crippen LogP contribution < -0.4 is 10.1 Å². The Morgan fingerprint density at radius 2 is 2.00 bits per heavy atom. The van der Waals surface area contributed by atoms with Crippen LogP contribution in [0.25, 0.3) is 33.6 Å². The third kappa shape index (κ3) is 4.23. The van der Waals surface area contributed by atoms with Crippen LogP contribution in [0, 0.1) is 5.92 Å². The van der Waals surface area contributed by atoms with Crippen molar-refractivity contribution in [3.8, 4) is 17.3 Å². The second-order valence-electron chi connectivity index (χ2n) is 10.6. The molecule has 4 aromatic rings. The number of nitrogens with one attached hydrogen (secondary N) is 1. The standard InChI is InChI=1S/C28H32N6O4/c1-16-6-9-20(30-28(36)37)15-33(16)27(35)19-11-21-24(23(13-19)38-3)32(2)26(31-21)22-12-18-5-4-10-29-25(18)34(22)14-17-7-8-17/h4-5,10-13,16-17,20,30H,6-9,14-15H2,1-3H3,(H,36,37)/t16-,20+/m1/s1. The summed E-state index contributed by atoms with van der Waals surface area (Å²) in [6.07, 6.45) is 4.63. The molecular weight excluding hydrogens is 484 g/mol. The summed E-state index contributed by atoms with van der Waals surface area (Å²) in [6.45, 7) is 3.23. The molecule has 1 saturated carbocycles. The number of rotatable bonds is 6. The highest BCUT2D eigenvalue weighted by Gasteiger charge is 2.32. The molecule has 10 nitrogen and oxygen atoms in total. The molecule has 1 aromatic carbocycles. The van der Waals surface area contributed by atoms with E-state index in [0.29, 0.717) is 35.7 Å². The number of hydrogen-bond donors (Lipinski definition) is 2. The number of ether oxygens (including phenoxy) is 1. The second-order valence-corrected chi connectivity index (χ2v) is 10.6. The molecule has 6 rings (SSSR count). The fraction of sp³-hybridized carbons (Fsp3) is 0.429. The van der Waals surface area contributed by atoms with Crippen molar-refractivity contribution in [1.29, 1.82) is 0 Å². The van der Waals surface area contributed by atoms with E-state index in [1.807, 2.05) is 36.9 Å². The van der Waals surface area contributed by atoms with E-state index in [1.54, 1.807) is 18.1 Å². The van der Waals surface area contributed by atoms with Gasteiger partial charge in [0.25, 0.3) is 5.91 Å². The SMILES string of the molecule is COc1cc(C(=O)N2C[C@@H](NC(=O)O)CC[C@H]2C)cc2nc(-c3cc4cccnc4n3CC3CC3)n(C)c12. The second kappa shape index (κ2) is 9.34. The molecule has 0 bridgehead atoms. The zero-order chi connectivity index (χ0) is 26.6. The zero-order valence-corrected chi connectivity index (χ0v) is 21.8. The quantitative estimate of drug-likeness (QED) is 0.396. The van der Waals surface area contributed by atoms with Crippen LogP contribution in [0.2, 0.25) is 0 Å². The van der Waals surface area contributed by atoms with Crippen molar-refractivity contribution < 1.29 is 19.4 Å².